The van der Waals surface area contributed by atoms with Crippen LogP contribution in [-0.4, -0.2) is 37.3 Å². The molecule has 5 heteroatoms. The SMILES string of the molecule is CN(C)Cc1cc(OCCCO)ccc1Sc1ccccc1N. The van der Waals surface area contributed by atoms with E-state index in [4.69, 9.17) is 15.6 Å². The molecular formula is C18H24N2O2S. The van der Waals surface area contributed by atoms with Crippen molar-refractivity contribution in [3.05, 3.63) is 48.0 Å². The summed E-state index contributed by atoms with van der Waals surface area (Å²) in [6.45, 7) is 1.49. The average Bonchev–Trinajstić information content (AvgIpc) is 2.51. The normalized spacial score (nSPS) is 11.0. The summed E-state index contributed by atoms with van der Waals surface area (Å²) in [6, 6.07) is 14.0. The third-order valence-corrected chi connectivity index (χ3v) is 4.44. The maximum Gasteiger partial charge on any atom is 0.119 e. The van der Waals surface area contributed by atoms with Crippen LogP contribution in [0.5, 0.6) is 5.75 Å². The lowest BCUT2D eigenvalue weighted by Crippen LogP contribution is -2.11. The van der Waals surface area contributed by atoms with Gasteiger partial charge < -0.3 is 20.5 Å². The molecular weight excluding hydrogens is 308 g/mol. The fourth-order valence-electron chi connectivity index (χ4n) is 2.16. The number of para-hydroxylation sites is 1. The molecule has 4 nitrogen and oxygen atoms in total. The van der Waals surface area contributed by atoms with E-state index < -0.39 is 0 Å². The van der Waals surface area contributed by atoms with Crippen molar-refractivity contribution in [2.45, 2.75) is 22.8 Å². The minimum absolute atomic E-state index is 0.145. The van der Waals surface area contributed by atoms with Crippen molar-refractivity contribution < 1.29 is 9.84 Å². The van der Waals surface area contributed by atoms with E-state index in [1.165, 1.54) is 10.5 Å². The predicted octanol–water partition coefficient (Wildman–Crippen LogP) is 3.24. The monoisotopic (exact) mass is 332 g/mol. The molecule has 0 heterocycles. The number of nitrogens with zero attached hydrogens (tertiary/aromatic N) is 1. The van der Waals surface area contributed by atoms with E-state index in [0.29, 0.717) is 13.0 Å². The summed E-state index contributed by atoms with van der Waals surface area (Å²) in [4.78, 5) is 4.36. The highest BCUT2D eigenvalue weighted by Gasteiger charge is 2.09. The molecule has 0 atom stereocenters. The van der Waals surface area contributed by atoms with Gasteiger partial charge in [-0.25, -0.2) is 0 Å². The third kappa shape index (κ3) is 5.46. The molecule has 0 fully saturated rings. The highest BCUT2D eigenvalue weighted by Crippen LogP contribution is 2.35. The highest BCUT2D eigenvalue weighted by molar-refractivity contribution is 7.99. The van der Waals surface area contributed by atoms with Gasteiger partial charge in [0.1, 0.15) is 5.75 Å². The van der Waals surface area contributed by atoms with E-state index in [9.17, 15) is 0 Å². The van der Waals surface area contributed by atoms with Gasteiger partial charge in [-0.1, -0.05) is 23.9 Å². The van der Waals surface area contributed by atoms with Gasteiger partial charge in [0.15, 0.2) is 0 Å². The van der Waals surface area contributed by atoms with E-state index in [1.54, 1.807) is 11.8 Å². The molecule has 3 N–H and O–H groups in total. The number of ether oxygens (including phenoxy) is 1. The molecule has 23 heavy (non-hydrogen) atoms. The van der Waals surface area contributed by atoms with E-state index >= 15 is 0 Å². The minimum atomic E-state index is 0.145. The van der Waals surface area contributed by atoms with E-state index in [-0.39, 0.29) is 6.61 Å². The van der Waals surface area contributed by atoms with Crippen LogP contribution in [-0.2, 0) is 6.54 Å². The van der Waals surface area contributed by atoms with Gasteiger partial charge in [0.05, 0.1) is 6.61 Å². The smallest absolute Gasteiger partial charge is 0.119 e. The van der Waals surface area contributed by atoms with Crippen LogP contribution in [0.2, 0.25) is 0 Å². The largest absolute Gasteiger partial charge is 0.493 e. The Balaban J connectivity index is 2.21. The summed E-state index contributed by atoms with van der Waals surface area (Å²) in [5, 5.41) is 8.85. The first-order chi connectivity index (χ1) is 11.1. The molecule has 0 saturated heterocycles. The Hall–Kier alpha value is -1.69. The van der Waals surface area contributed by atoms with E-state index in [0.717, 1.165) is 22.9 Å². The quantitative estimate of drug-likeness (QED) is 0.574. The molecule has 0 aliphatic heterocycles. The number of anilines is 1. The lowest BCUT2D eigenvalue weighted by Gasteiger charge is -2.16. The molecule has 0 spiro atoms. The Morgan fingerprint density at radius 1 is 1.13 bits per heavy atom. The van der Waals surface area contributed by atoms with Crippen LogP contribution in [0.1, 0.15) is 12.0 Å². The maximum atomic E-state index is 8.85. The van der Waals surface area contributed by atoms with Gasteiger partial charge in [-0.2, -0.15) is 0 Å². The molecule has 0 saturated carbocycles. The second-order valence-electron chi connectivity index (χ2n) is 5.57. The van der Waals surface area contributed by atoms with Gasteiger partial charge in [-0.05, 0) is 50.0 Å². The zero-order chi connectivity index (χ0) is 16.7. The summed E-state index contributed by atoms with van der Waals surface area (Å²) >= 11 is 1.67. The van der Waals surface area contributed by atoms with Crippen LogP contribution >= 0.6 is 11.8 Å². The second kappa shape index (κ2) is 8.82. The Labute approximate surface area is 142 Å². The summed E-state index contributed by atoms with van der Waals surface area (Å²) in [5.41, 5.74) is 8.04. The van der Waals surface area contributed by atoms with Crippen molar-refractivity contribution in [2.24, 2.45) is 0 Å². The molecule has 0 radical (unpaired) electrons. The first-order valence-corrected chi connectivity index (χ1v) is 8.45. The molecule has 0 unspecified atom stereocenters. The Morgan fingerprint density at radius 2 is 1.91 bits per heavy atom. The molecule has 0 bridgehead atoms. The Bertz CT molecular complexity index is 632. The minimum Gasteiger partial charge on any atom is -0.493 e. The Morgan fingerprint density at radius 3 is 2.61 bits per heavy atom. The summed E-state index contributed by atoms with van der Waals surface area (Å²) < 4.78 is 5.69. The number of hydrogen-bond acceptors (Lipinski definition) is 5. The van der Waals surface area contributed by atoms with Gasteiger partial charge in [0, 0.05) is 35.1 Å². The summed E-state index contributed by atoms with van der Waals surface area (Å²) in [6.07, 6.45) is 0.639. The molecule has 0 amide bonds. The number of nitrogen functional groups attached to an aromatic ring is 1. The van der Waals surface area contributed by atoms with E-state index in [2.05, 4.69) is 17.0 Å². The van der Waals surface area contributed by atoms with Crippen molar-refractivity contribution in [1.29, 1.82) is 0 Å². The highest BCUT2D eigenvalue weighted by atomic mass is 32.2. The lowest BCUT2D eigenvalue weighted by molar-refractivity contribution is 0.233. The molecule has 2 rings (SSSR count). The number of hydrogen-bond donors (Lipinski definition) is 2. The van der Waals surface area contributed by atoms with Crippen molar-refractivity contribution in [1.82, 2.24) is 4.90 Å². The van der Waals surface area contributed by atoms with Crippen LogP contribution in [0, 0.1) is 0 Å². The standard InChI is InChI=1S/C18H24N2O2S/c1-20(2)13-14-12-15(22-11-5-10-21)8-9-17(14)23-18-7-4-3-6-16(18)19/h3-4,6-9,12,21H,5,10-11,13,19H2,1-2H3. The number of aliphatic hydroxyl groups is 1. The fourth-order valence-corrected chi connectivity index (χ4v) is 3.12. The maximum absolute atomic E-state index is 8.85. The zero-order valence-corrected chi connectivity index (χ0v) is 14.5. The van der Waals surface area contributed by atoms with Crippen LogP contribution in [0.4, 0.5) is 5.69 Å². The van der Waals surface area contributed by atoms with Gasteiger partial charge in [0.25, 0.3) is 0 Å². The zero-order valence-electron chi connectivity index (χ0n) is 13.7. The van der Waals surface area contributed by atoms with Crippen LogP contribution < -0.4 is 10.5 Å². The van der Waals surface area contributed by atoms with Crippen molar-refractivity contribution in [2.75, 3.05) is 33.0 Å². The summed E-state index contributed by atoms with van der Waals surface area (Å²) in [7, 11) is 4.09. The Kier molecular flexibility index (Phi) is 6.77. The second-order valence-corrected chi connectivity index (χ2v) is 6.66. The molecule has 2 aromatic rings. The molecule has 0 aromatic heterocycles. The topological polar surface area (TPSA) is 58.7 Å². The number of nitrogens with two attached hydrogens (primary N) is 1. The molecule has 124 valence electrons. The van der Waals surface area contributed by atoms with Crippen molar-refractivity contribution >= 4 is 17.4 Å². The predicted molar refractivity (Wildman–Crippen MR) is 96.0 cm³/mol. The lowest BCUT2D eigenvalue weighted by atomic mass is 10.2. The van der Waals surface area contributed by atoms with Crippen molar-refractivity contribution in [3.63, 3.8) is 0 Å². The first-order valence-electron chi connectivity index (χ1n) is 7.64. The van der Waals surface area contributed by atoms with Crippen LogP contribution in [0.15, 0.2) is 52.3 Å². The number of aliphatic hydroxyl groups excluding tert-OH is 1. The van der Waals surface area contributed by atoms with Gasteiger partial charge in [-0.3, -0.25) is 0 Å². The summed E-state index contributed by atoms with van der Waals surface area (Å²) in [5.74, 6) is 0.834. The van der Waals surface area contributed by atoms with Gasteiger partial charge >= 0.3 is 0 Å². The fraction of sp³-hybridized carbons (Fsp3) is 0.333. The number of rotatable bonds is 8. The molecule has 0 aliphatic rings. The van der Waals surface area contributed by atoms with Gasteiger partial charge in [-0.15, -0.1) is 0 Å². The van der Waals surface area contributed by atoms with Gasteiger partial charge in [0.2, 0.25) is 0 Å². The van der Waals surface area contributed by atoms with E-state index in [1.807, 2.05) is 44.4 Å². The van der Waals surface area contributed by atoms with Crippen LogP contribution in [0.25, 0.3) is 0 Å². The van der Waals surface area contributed by atoms with Crippen molar-refractivity contribution in [3.8, 4) is 5.75 Å². The average molecular weight is 332 g/mol. The molecule has 0 aliphatic carbocycles. The first kappa shape index (κ1) is 17.7. The number of benzene rings is 2. The van der Waals surface area contributed by atoms with Crippen LogP contribution in [0.3, 0.4) is 0 Å². The molecule has 2 aromatic carbocycles. The third-order valence-electron chi connectivity index (χ3n) is 3.23.